The van der Waals surface area contributed by atoms with Gasteiger partial charge in [-0.1, -0.05) is 25.6 Å². The topological polar surface area (TPSA) is 55.1 Å². The molecule has 0 aliphatic rings. The molecule has 1 N–H and O–H groups in total. The van der Waals surface area contributed by atoms with E-state index in [0.717, 1.165) is 17.8 Å². The lowest BCUT2D eigenvalue weighted by atomic mass is 10.1. The highest BCUT2D eigenvalue weighted by molar-refractivity contribution is 7.99. The van der Waals surface area contributed by atoms with Crippen molar-refractivity contribution in [3.63, 3.8) is 0 Å². The third-order valence-corrected chi connectivity index (χ3v) is 4.35. The Bertz CT molecular complexity index is 685. The molecule has 0 aliphatic carbocycles. The Morgan fingerprint density at radius 2 is 2.05 bits per heavy atom. The zero-order valence-corrected chi connectivity index (χ0v) is 12.7. The summed E-state index contributed by atoms with van der Waals surface area (Å²) >= 11 is 1.00. The van der Waals surface area contributed by atoms with Crippen LogP contribution in [0.25, 0.3) is 11.0 Å². The van der Waals surface area contributed by atoms with Crippen LogP contribution in [0.15, 0.2) is 17.3 Å². The van der Waals surface area contributed by atoms with Crippen molar-refractivity contribution in [3.05, 3.63) is 23.8 Å². The van der Waals surface area contributed by atoms with Gasteiger partial charge in [-0.05, 0) is 25.0 Å². The van der Waals surface area contributed by atoms with Crippen molar-refractivity contribution in [2.45, 2.75) is 32.0 Å². The monoisotopic (exact) mass is 314 g/mol. The van der Waals surface area contributed by atoms with E-state index < -0.39 is 17.6 Å². The molecule has 2 rings (SSSR count). The second-order valence-electron chi connectivity index (χ2n) is 5.16. The van der Waals surface area contributed by atoms with Crippen molar-refractivity contribution < 1.29 is 18.7 Å². The Morgan fingerprint density at radius 1 is 1.38 bits per heavy atom. The Labute approximate surface area is 125 Å². The molecule has 0 saturated heterocycles. The number of hydrogen-bond donors (Lipinski definition) is 1. The highest BCUT2D eigenvalue weighted by Crippen LogP contribution is 2.32. The Morgan fingerprint density at radius 3 is 2.62 bits per heavy atom. The SMILES string of the molecule is CC(C)C(C)n1c(SCC(=O)O)nc2ccc(F)c(F)c21. The highest BCUT2D eigenvalue weighted by atomic mass is 32.2. The van der Waals surface area contributed by atoms with E-state index in [4.69, 9.17) is 5.11 Å². The molecule has 0 bridgehead atoms. The molecule has 0 fully saturated rings. The summed E-state index contributed by atoms with van der Waals surface area (Å²) in [5.74, 6) is -2.89. The van der Waals surface area contributed by atoms with E-state index in [9.17, 15) is 13.6 Å². The van der Waals surface area contributed by atoms with E-state index in [2.05, 4.69) is 4.98 Å². The number of fused-ring (bicyclic) bond motifs is 1. The van der Waals surface area contributed by atoms with Crippen molar-refractivity contribution in [3.8, 4) is 0 Å². The van der Waals surface area contributed by atoms with Crippen LogP contribution in [0.1, 0.15) is 26.8 Å². The number of thioether (sulfide) groups is 1. The Balaban J connectivity index is 2.64. The molecule has 0 amide bonds. The van der Waals surface area contributed by atoms with Crippen LogP contribution < -0.4 is 0 Å². The molecule has 1 heterocycles. The molecule has 1 aromatic carbocycles. The van der Waals surface area contributed by atoms with E-state index in [-0.39, 0.29) is 23.2 Å². The number of benzene rings is 1. The van der Waals surface area contributed by atoms with E-state index in [1.165, 1.54) is 6.07 Å². The largest absolute Gasteiger partial charge is 0.481 e. The standard InChI is InChI=1S/C14H16F2N2O2S/c1-7(2)8(3)18-13-10(5-4-9(15)12(13)16)17-14(18)21-6-11(19)20/h4-5,7-8H,6H2,1-3H3,(H,19,20). The van der Waals surface area contributed by atoms with Crippen molar-refractivity contribution in [1.82, 2.24) is 9.55 Å². The summed E-state index contributed by atoms with van der Waals surface area (Å²) in [6.45, 7) is 5.79. The summed E-state index contributed by atoms with van der Waals surface area (Å²) in [6.07, 6.45) is 0. The van der Waals surface area contributed by atoms with Gasteiger partial charge in [0, 0.05) is 6.04 Å². The predicted octanol–water partition coefficient (Wildman–Crippen LogP) is 3.71. The van der Waals surface area contributed by atoms with Crippen LogP contribution >= 0.6 is 11.8 Å². The number of carbonyl (C=O) groups is 1. The number of aliphatic carboxylic acids is 1. The van der Waals surface area contributed by atoms with Gasteiger partial charge in [0.2, 0.25) is 0 Å². The van der Waals surface area contributed by atoms with Crippen LogP contribution in [0, 0.1) is 17.6 Å². The molecule has 1 aromatic heterocycles. The second-order valence-corrected chi connectivity index (χ2v) is 6.10. The lowest BCUT2D eigenvalue weighted by molar-refractivity contribution is -0.133. The minimum atomic E-state index is -0.984. The van der Waals surface area contributed by atoms with Gasteiger partial charge in [0.05, 0.1) is 11.3 Å². The van der Waals surface area contributed by atoms with Gasteiger partial charge >= 0.3 is 5.97 Å². The van der Waals surface area contributed by atoms with Gasteiger partial charge in [-0.2, -0.15) is 0 Å². The van der Waals surface area contributed by atoms with Crippen LogP contribution in [0.5, 0.6) is 0 Å². The zero-order valence-electron chi connectivity index (χ0n) is 11.9. The van der Waals surface area contributed by atoms with Crippen molar-refractivity contribution in [2.24, 2.45) is 5.92 Å². The summed E-state index contributed by atoms with van der Waals surface area (Å²) in [6, 6.07) is 2.30. The van der Waals surface area contributed by atoms with Gasteiger partial charge in [0.25, 0.3) is 0 Å². The van der Waals surface area contributed by atoms with Gasteiger partial charge in [0.15, 0.2) is 16.8 Å². The minimum absolute atomic E-state index is 0.0871. The van der Waals surface area contributed by atoms with Crippen LogP contribution in [0.4, 0.5) is 8.78 Å². The fourth-order valence-electron chi connectivity index (χ4n) is 2.01. The van der Waals surface area contributed by atoms with E-state index in [1.807, 2.05) is 20.8 Å². The summed E-state index contributed by atoms with van der Waals surface area (Å²) in [5, 5.41) is 9.18. The molecule has 2 aromatic rings. The van der Waals surface area contributed by atoms with Crippen LogP contribution in [-0.2, 0) is 4.79 Å². The van der Waals surface area contributed by atoms with Gasteiger partial charge in [0.1, 0.15) is 5.52 Å². The molecule has 0 spiro atoms. The first kappa shape index (κ1) is 15.8. The number of carboxylic acid groups (broad SMARTS) is 1. The first-order valence-electron chi connectivity index (χ1n) is 6.53. The maximum absolute atomic E-state index is 14.1. The maximum Gasteiger partial charge on any atom is 0.313 e. The third kappa shape index (κ3) is 3.02. The number of rotatable bonds is 5. The van der Waals surface area contributed by atoms with E-state index in [1.54, 1.807) is 4.57 Å². The molecule has 1 unspecified atom stereocenters. The van der Waals surface area contributed by atoms with Crippen LogP contribution in [0.3, 0.4) is 0 Å². The fourth-order valence-corrected chi connectivity index (χ4v) is 2.82. The normalized spacial score (nSPS) is 13.0. The number of halogens is 2. The molecule has 4 nitrogen and oxygen atoms in total. The van der Waals surface area contributed by atoms with E-state index in [0.29, 0.717) is 10.7 Å². The quantitative estimate of drug-likeness (QED) is 0.855. The van der Waals surface area contributed by atoms with Crippen molar-refractivity contribution in [1.29, 1.82) is 0 Å². The highest BCUT2D eigenvalue weighted by Gasteiger charge is 2.23. The lowest BCUT2D eigenvalue weighted by Gasteiger charge is -2.20. The van der Waals surface area contributed by atoms with Gasteiger partial charge < -0.3 is 9.67 Å². The predicted molar refractivity (Wildman–Crippen MR) is 77.6 cm³/mol. The molecule has 114 valence electrons. The molecular formula is C14H16F2N2O2S. The average Bonchev–Trinajstić information content (AvgIpc) is 2.78. The number of carboxylic acids is 1. The van der Waals surface area contributed by atoms with E-state index >= 15 is 0 Å². The van der Waals surface area contributed by atoms with Crippen LogP contribution in [-0.4, -0.2) is 26.4 Å². The third-order valence-electron chi connectivity index (χ3n) is 3.41. The first-order valence-corrected chi connectivity index (χ1v) is 7.52. The number of hydrogen-bond acceptors (Lipinski definition) is 3. The van der Waals surface area contributed by atoms with Crippen molar-refractivity contribution >= 4 is 28.8 Å². The minimum Gasteiger partial charge on any atom is -0.481 e. The molecule has 21 heavy (non-hydrogen) atoms. The summed E-state index contributed by atoms with van der Waals surface area (Å²) < 4.78 is 29.2. The molecule has 1 atom stereocenters. The number of nitrogens with zero attached hydrogens (tertiary/aromatic N) is 2. The smallest absolute Gasteiger partial charge is 0.313 e. The molecule has 0 aliphatic heterocycles. The summed E-state index contributed by atoms with van der Waals surface area (Å²) in [5.41, 5.74) is 0.415. The Kier molecular flexibility index (Phi) is 4.51. The fraction of sp³-hybridized carbons (Fsp3) is 0.429. The zero-order chi connectivity index (χ0) is 15.7. The Hall–Kier alpha value is -1.63. The van der Waals surface area contributed by atoms with Gasteiger partial charge in [-0.25, -0.2) is 13.8 Å². The number of imidazole rings is 1. The molecule has 0 saturated carbocycles. The second kappa shape index (κ2) is 6.01. The van der Waals surface area contributed by atoms with Gasteiger partial charge in [-0.15, -0.1) is 0 Å². The van der Waals surface area contributed by atoms with Crippen molar-refractivity contribution in [2.75, 3.05) is 5.75 Å². The maximum atomic E-state index is 14.1. The molecule has 0 radical (unpaired) electrons. The van der Waals surface area contributed by atoms with Gasteiger partial charge in [-0.3, -0.25) is 4.79 Å². The molecule has 7 heteroatoms. The summed E-state index contributed by atoms with van der Waals surface area (Å²) in [4.78, 5) is 15.0. The number of aromatic nitrogens is 2. The summed E-state index contributed by atoms with van der Waals surface area (Å²) in [7, 11) is 0. The van der Waals surface area contributed by atoms with Crippen LogP contribution in [0.2, 0.25) is 0 Å². The first-order chi connectivity index (χ1) is 9.82. The lowest BCUT2D eigenvalue weighted by Crippen LogP contribution is -2.14. The molecular weight excluding hydrogens is 298 g/mol. The average molecular weight is 314 g/mol.